The normalized spacial score (nSPS) is 17.5. The van der Waals surface area contributed by atoms with Crippen LogP contribution in [0.5, 0.6) is 11.5 Å². The molecule has 238 valence electrons. The van der Waals surface area contributed by atoms with Crippen molar-refractivity contribution in [3.63, 3.8) is 0 Å². The third-order valence-corrected chi connectivity index (χ3v) is 7.66. The van der Waals surface area contributed by atoms with Crippen LogP contribution in [0.1, 0.15) is 54.9 Å². The molecule has 12 nitrogen and oxygen atoms in total. The van der Waals surface area contributed by atoms with Gasteiger partial charge in [0.05, 0.1) is 24.9 Å². The van der Waals surface area contributed by atoms with Gasteiger partial charge in [0, 0.05) is 35.4 Å². The number of hydrogen-bond donors (Lipinski definition) is 3. The fourth-order valence-corrected chi connectivity index (χ4v) is 5.75. The number of fused-ring (bicyclic) bond motifs is 1. The number of rotatable bonds is 10. The molecule has 1 saturated heterocycles. The number of methoxy groups -OCH3 is 1. The number of carbonyl (C=O) groups excluding carboxylic acids is 2. The molecule has 0 saturated carbocycles. The summed E-state index contributed by atoms with van der Waals surface area (Å²) in [5.41, 5.74) is 1.10. The summed E-state index contributed by atoms with van der Waals surface area (Å²) < 4.78 is 17.2. The summed E-state index contributed by atoms with van der Waals surface area (Å²) in [6.45, 7) is 12.8. The van der Waals surface area contributed by atoms with Crippen molar-refractivity contribution in [2.75, 3.05) is 19.0 Å². The number of pyridine rings is 1. The molecule has 1 fully saturated rings. The van der Waals surface area contributed by atoms with Crippen molar-refractivity contribution in [3.05, 3.63) is 29.6 Å². The van der Waals surface area contributed by atoms with E-state index in [4.69, 9.17) is 19.2 Å². The molecule has 13 heteroatoms. The number of thiazole rings is 1. The zero-order chi connectivity index (χ0) is 32.3. The topological polar surface area (TPSA) is 152 Å². The third kappa shape index (κ3) is 7.87. The van der Waals surface area contributed by atoms with Crippen molar-refractivity contribution in [2.24, 2.45) is 5.92 Å². The number of nitrogens with one attached hydrogen (secondary N) is 2. The molecule has 2 aromatic heterocycles. The highest BCUT2D eigenvalue weighted by atomic mass is 32.1. The number of nitrogens with zero attached hydrogens (tertiary/aromatic N) is 3. The summed E-state index contributed by atoms with van der Waals surface area (Å²) in [5, 5.41) is 19.4. The quantitative estimate of drug-likeness (QED) is 0.275. The molecule has 0 aliphatic carbocycles. The van der Waals surface area contributed by atoms with Gasteiger partial charge in [-0.15, -0.1) is 11.3 Å². The van der Waals surface area contributed by atoms with Crippen molar-refractivity contribution in [1.29, 1.82) is 0 Å². The zero-order valence-electron chi connectivity index (χ0n) is 26.3. The lowest BCUT2D eigenvalue weighted by Gasteiger charge is -2.30. The fourth-order valence-electron chi connectivity index (χ4n) is 4.90. The van der Waals surface area contributed by atoms with E-state index < -0.39 is 41.8 Å². The monoisotopic (exact) mass is 627 g/mol. The molecule has 4 rings (SSSR count). The van der Waals surface area contributed by atoms with Gasteiger partial charge in [0.1, 0.15) is 41.0 Å². The molecular formula is C31H41N5O7S. The summed E-state index contributed by atoms with van der Waals surface area (Å²) in [7, 11) is 1.57. The van der Waals surface area contributed by atoms with Crippen LogP contribution in [0.25, 0.3) is 22.3 Å². The van der Waals surface area contributed by atoms with Gasteiger partial charge in [-0.05, 0) is 52.7 Å². The minimum absolute atomic E-state index is 0.0173. The van der Waals surface area contributed by atoms with E-state index in [9.17, 15) is 19.5 Å². The van der Waals surface area contributed by atoms with Gasteiger partial charge >= 0.3 is 12.1 Å². The Morgan fingerprint density at radius 3 is 2.43 bits per heavy atom. The van der Waals surface area contributed by atoms with Crippen molar-refractivity contribution in [1.82, 2.24) is 20.2 Å². The number of hydrogen-bond acceptors (Lipinski definition) is 10. The molecule has 3 atom stereocenters. The van der Waals surface area contributed by atoms with Gasteiger partial charge in [-0.1, -0.05) is 13.8 Å². The smallest absolute Gasteiger partial charge is 0.408 e. The zero-order valence-corrected chi connectivity index (χ0v) is 27.2. The lowest BCUT2D eigenvalue weighted by atomic mass is 10.0. The van der Waals surface area contributed by atoms with E-state index in [1.165, 1.54) is 16.2 Å². The van der Waals surface area contributed by atoms with Gasteiger partial charge in [0.2, 0.25) is 5.91 Å². The molecule has 0 spiro atoms. The first kappa shape index (κ1) is 32.8. The number of alkyl carbamates (subject to hydrolysis) is 1. The second-order valence-corrected chi connectivity index (χ2v) is 13.3. The predicted molar refractivity (Wildman–Crippen MR) is 168 cm³/mol. The molecule has 0 bridgehead atoms. The van der Waals surface area contributed by atoms with Gasteiger partial charge in [0.15, 0.2) is 5.13 Å². The number of anilines is 1. The Morgan fingerprint density at radius 1 is 1.09 bits per heavy atom. The molecule has 3 N–H and O–H groups in total. The van der Waals surface area contributed by atoms with Crippen LogP contribution in [-0.2, 0) is 14.3 Å². The van der Waals surface area contributed by atoms with Crippen molar-refractivity contribution in [3.8, 4) is 22.9 Å². The summed E-state index contributed by atoms with van der Waals surface area (Å²) in [4.78, 5) is 49.3. The van der Waals surface area contributed by atoms with Gasteiger partial charge in [-0.3, -0.25) is 4.79 Å². The molecule has 0 radical (unpaired) electrons. The molecule has 3 heterocycles. The van der Waals surface area contributed by atoms with Crippen LogP contribution in [0.2, 0.25) is 0 Å². The highest BCUT2D eigenvalue weighted by Gasteiger charge is 2.44. The van der Waals surface area contributed by atoms with E-state index in [-0.39, 0.29) is 24.9 Å². The Kier molecular flexibility index (Phi) is 9.87. The highest BCUT2D eigenvalue weighted by molar-refractivity contribution is 7.14. The Morgan fingerprint density at radius 2 is 1.82 bits per heavy atom. The molecule has 1 unspecified atom stereocenters. The van der Waals surface area contributed by atoms with E-state index >= 15 is 0 Å². The molecule has 1 aromatic carbocycles. The average molecular weight is 628 g/mol. The van der Waals surface area contributed by atoms with E-state index in [0.29, 0.717) is 33.8 Å². The highest BCUT2D eigenvalue weighted by Crippen LogP contribution is 2.35. The number of carboxylic acid groups (broad SMARTS) is 1. The molecular weight excluding hydrogens is 586 g/mol. The summed E-state index contributed by atoms with van der Waals surface area (Å²) in [6.07, 6.45) is -1.32. The number of carbonyl (C=O) groups is 3. The first-order chi connectivity index (χ1) is 20.6. The van der Waals surface area contributed by atoms with Crippen LogP contribution >= 0.6 is 11.3 Å². The minimum atomic E-state index is -1.15. The van der Waals surface area contributed by atoms with Gasteiger partial charge in [-0.25, -0.2) is 19.6 Å². The number of aromatic nitrogens is 2. The minimum Gasteiger partial charge on any atom is -0.497 e. The third-order valence-electron chi connectivity index (χ3n) is 6.89. The lowest BCUT2D eigenvalue weighted by molar-refractivity contribution is -0.149. The Bertz CT molecular complexity index is 1520. The number of carboxylic acids is 1. The maximum absolute atomic E-state index is 13.7. The van der Waals surface area contributed by atoms with Gasteiger partial charge in [-0.2, -0.15) is 0 Å². The van der Waals surface area contributed by atoms with Gasteiger partial charge < -0.3 is 34.9 Å². The van der Waals surface area contributed by atoms with Crippen LogP contribution in [0.15, 0.2) is 29.6 Å². The molecule has 1 aliphatic heterocycles. The molecule has 2 amide bonds. The first-order valence-electron chi connectivity index (χ1n) is 14.6. The standard InChI is InChI=1S/C31H41N5O7S/c1-16(2)26(35-30(40)43-31(5,6)7)27(37)36-14-19(12-24(36)28(38)39)42-25-13-22(23-15-44-29(34-23)32-17(3)4)33-21-11-18(41-8)9-10-20(21)25/h9-11,13,15-17,19,24,26H,12,14H2,1-8H3,(H,32,34)(H,35,40)(H,38,39)/t19?,24-,26-/m0/s1. The summed E-state index contributed by atoms with van der Waals surface area (Å²) in [5.74, 6) is -0.882. The molecule has 44 heavy (non-hydrogen) atoms. The van der Waals surface area contributed by atoms with E-state index in [0.717, 1.165) is 5.13 Å². The maximum atomic E-state index is 13.7. The summed E-state index contributed by atoms with van der Waals surface area (Å²) >= 11 is 1.47. The second kappa shape index (κ2) is 13.2. The SMILES string of the molecule is COc1ccc2c(OC3C[C@@H](C(=O)O)N(C(=O)[C@@H](NC(=O)OC(C)(C)C)C(C)C)C3)cc(-c3csc(NC(C)C)n3)nc2c1. The molecule has 1 aliphatic rings. The number of amides is 2. The van der Waals surface area contributed by atoms with Crippen LogP contribution < -0.4 is 20.1 Å². The number of benzene rings is 1. The lowest BCUT2D eigenvalue weighted by Crippen LogP contribution is -2.54. The Balaban J connectivity index is 1.63. The largest absolute Gasteiger partial charge is 0.497 e. The Labute approximate surface area is 261 Å². The average Bonchev–Trinajstić information content (AvgIpc) is 3.57. The van der Waals surface area contributed by atoms with E-state index in [1.54, 1.807) is 59.9 Å². The summed E-state index contributed by atoms with van der Waals surface area (Å²) in [6, 6.07) is 5.31. The molecule has 3 aromatic rings. The van der Waals surface area contributed by atoms with Crippen molar-refractivity contribution in [2.45, 2.75) is 84.7 Å². The van der Waals surface area contributed by atoms with Crippen LogP contribution in [0.3, 0.4) is 0 Å². The van der Waals surface area contributed by atoms with E-state index in [2.05, 4.69) is 15.6 Å². The number of likely N-dealkylation sites (tertiary alicyclic amines) is 1. The maximum Gasteiger partial charge on any atom is 0.408 e. The number of ether oxygens (including phenoxy) is 3. The number of aliphatic carboxylic acids is 1. The van der Waals surface area contributed by atoms with E-state index in [1.807, 2.05) is 25.3 Å². The van der Waals surface area contributed by atoms with Crippen molar-refractivity contribution < 1.29 is 33.7 Å². The van der Waals surface area contributed by atoms with Gasteiger partial charge in [0.25, 0.3) is 0 Å². The first-order valence-corrected chi connectivity index (χ1v) is 15.4. The second-order valence-electron chi connectivity index (χ2n) is 12.4. The Hall–Kier alpha value is -4.13. The van der Waals surface area contributed by atoms with Crippen LogP contribution in [0, 0.1) is 5.92 Å². The van der Waals surface area contributed by atoms with Crippen molar-refractivity contribution >= 4 is 45.3 Å². The predicted octanol–water partition coefficient (Wildman–Crippen LogP) is 5.17. The fraction of sp³-hybridized carbons (Fsp3) is 0.516. The van der Waals surface area contributed by atoms with Crippen LogP contribution in [-0.4, -0.2) is 81.4 Å². The van der Waals surface area contributed by atoms with Crippen LogP contribution in [0.4, 0.5) is 9.93 Å².